The first-order valence-corrected chi connectivity index (χ1v) is 11.9. The molecule has 0 saturated carbocycles. The molecule has 7 nitrogen and oxygen atoms in total. The van der Waals surface area contributed by atoms with Gasteiger partial charge in [-0.25, -0.2) is 13.1 Å². The molecule has 1 heterocycles. The largest absolute Gasteiger partial charge is 0.382 e. The zero-order valence-electron chi connectivity index (χ0n) is 14.5. The highest BCUT2D eigenvalue weighted by Gasteiger charge is 2.65. The van der Waals surface area contributed by atoms with Gasteiger partial charge in [0.2, 0.25) is 10.0 Å². The van der Waals surface area contributed by atoms with Gasteiger partial charge in [0.15, 0.2) is 11.5 Å². The number of hydrogen-bond donors (Lipinski definition) is 1. The Balaban J connectivity index is 2.84. The van der Waals surface area contributed by atoms with Crippen molar-refractivity contribution in [1.82, 2.24) is 9.78 Å². The fourth-order valence-electron chi connectivity index (χ4n) is 2.44. The van der Waals surface area contributed by atoms with Gasteiger partial charge in [0, 0.05) is 6.54 Å². The summed E-state index contributed by atoms with van der Waals surface area (Å²) in [5.74, 6) is -0.502. The van der Waals surface area contributed by atoms with Crippen molar-refractivity contribution in [1.29, 1.82) is 5.26 Å². The second-order valence-corrected chi connectivity index (χ2v) is 10.9. The van der Waals surface area contributed by atoms with E-state index in [-0.39, 0.29) is 24.4 Å². The Morgan fingerprint density at radius 2 is 1.72 bits per heavy atom. The lowest BCUT2D eigenvalue weighted by molar-refractivity contribution is 0.364. The van der Waals surface area contributed by atoms with Crippen molar-refractivity contribution in [2.75, 3.05) is 22.8 Å². The minimum absolute atomic E-state index is 0.0503. The average molecular weight is 500 g/mol. The molecule has 0 aliphatic rings. The van der Waals surface area contributed by atoms with Crippen molar-refractivity contribution >= 4 is 55.0 Å². The molecule has 2 N–H and O–H groups in total. The fourth-order valence-corrected chi connectivity index (χ4v) is 4.88. The van der Waals surface area contributed by atoms with Gasteiger partial charge in [-0.2, -0.15) is 10.4 Å². The molecule has 162 valence electrons. The quantitative estimate of drug-likeness (QED) is 0.577. The van der Waals surface area contributed by atoms with E-state index in [4.69, 9.17) is 28.9 Å². The van der Waals surface area contributed by atoms with Crippen LogP contribution in [0.2, 0.25) is 10.0 Å². The van der Waals surface area contributed by atoms with Crippen molar-refractivity contribution in [3.05, 3.63) is 27.9 Å². The molecular formula is C13H12Cl2F5N5O2S2. The molecule has 1 aromatic carbocycles. The van der Waals surface area contributed by atoms with Crippen molar-refractivity contribution in [2.24, 2.45) is 0 Å². The molecule has 0 atom stereocenters. The maximum atomic E-state index is 13.0. The zero-order chi connectivity index (χ0) is 22.6. The molecule has 1 aromatic heterocycles. The van der Waals surface area contributed by atoms with Gasteiger partial charge in [0.1, 0.15) is 22.3 Å². The lowest BCUT2D eigenvalue weighted by atomic mass is 10.3. The van der Waals surface area contributed by atoms with Crippen LogP contribution in [0, 0.1) is 11.3 Å². The van der Waals surface area contributed by atoms with E-state index < -0.39 is 52.4 Å². The summed E-state index contributed by atoms with van der Waals surface area (Å²) in [5.41, 5.74) is 4.46. The predicted molar refractivity (Wildman–Crippen MR) is 102 cm³/mol. The predicted octanol–water partition coefficient (Wildman–Crippen LogP) is 5.08. The minimum atomic E-state index is -10.1. The third kappa shape index (κ3) is 4.47. The molecule has 0 aliphatic heterocycles. The summed E-state index contributed by atoms with van der Waals surface area (Å²) in [4.78, 5) is -2.33. The third-order valence-electron chi connectivity index (χ3n) is 3.59. The summed E-state index contributed by atoms with van der Waals surface area (Å²) in [7, 11) is -14.0. The fraction of sp³-hybridized carbons (Fsp3) is 0.231. The average Bonchev–Trinajstić information content (AvgIpc) is 2.81. The third-order valence-corrected chi connectivity index (χ3v) is 6.53. The Kier molecular flexibility index (Phi) is 5.05. The Labute approximate surface area is 172 Å². The highest BCUT2D eigenvalue weighted by atomic mass is 35.5. The van der Waals surface area contributed by atoms with Crippen LogP contribution in [0.1, 0.15) is 12.6 Å². The normalized spacial score (nSPS) is 14.8. The smallest absolute Gasteiger partial charge is 0.310 e. The van der Waals surface area contributed by atoms with Crippen LogP contribution in [0.5, 0.6) is 0 Å². The molecule has 0 amide bonds. The van der Waals surface area contributed by atoms with Gasteiger partial charge >= 0.3 is 10.2 Å². The highest BCUT2D eigenvalue weighted by Crippen LogP contribution is 3.02. The maximum Gasteiger partial charge on any atom is 0.310 e. The van der Waals surface area contributed by atoms with Crippen LogP contribution in [-0.4, -0.2) is 31.0 Å². The first-order chi connectivity index (χ1) is 12.8. The molecule has 2 rings (SSSR count). The van der Waals surface area contributed by atoms with Gasteiger partial charge in [0.05, 0.1) is 16.3 Å². The van der Waals surface area contributed by atoms with E-state index in [2.05, 4.69) is 5.10 Å². The van der Waals surface area contributed by atoms with Gasteiger partial charge in [-0.15, -0.1) is 0 Å². The summed E-state index contributed by atoms with van der Waals surface area (Å²) in [6.45, 7) is 1.27. The Morgan fingerprint density at radius 3 is 2.07 bits per heavy atom. The maximum absolute atomic E-state index is 13.0. The number of nitrogens with two attached hydrogens (primary N) is 1. The van der Waals surface area contributed by atoms with E-state index in [1.807, 2.05) is 0 Å². The Hall–Kier alpha value is -1.95. The summed E-state index contributed by atoms with van der Waals surface area (Å²) in [6.07, 6.45) is 0.831. The molecular weight excluding hydrogens is 488 g/mol. The second kappa shape index (κ2) is 6.27. The van der Waals surface area contributed by atoms with Gasteiger partial charge < -0.3 is 5.73 Å². The number of rotatable bonds is 5. The van der Waals surface area contributed by atoms with Crippen LogP contribution < -0.4 is 10.0 Å². The number of halogens is 7. The number of nitrogen functional groups attached to an aromatic ring is 1. The Bertz CT molecular complexity index is 1140. The summed E-state index contributed by atoms with van der Waals surface area (Å²) < 4.78 is 90.5. The van der Waals surface area contributed by atoms with Crippen molar-refractivity contribution < 1.29 is 27.8 Å². The molecule has 16 heteroatoms. The van der Waals surface area contributed by atoms with Crippen LogP contribution in [-0.2, 0) is 10.0 Å². The lowest BCUT2D eigenvalue weighted by Crippen LogP contribution is -2.30. The van der Waals surface area contributed by atoms with E-state index in [1.165, 1.54) is 6.92 Å². The van der Waals surface area contributed by atoms with E-state index in [9.17, 15) is 33.1 Å². The van der Waals surface area contributed by atoms with Gasteiger partial charge in [-0.3, -0.25) is 4.31 Å². The van der Waals surface area contributed by atoms with Crippen molar-refractivity contribution in [2.45, 2.75) is 11.8 Å². The van der Waals surface area contributed by atoms with Crippen molar-refractivity contribution in [3.63, 3.8) is 0 Å². The topological polar surface area (TPSA) is 105 Å². The van der Waals surface area contributed by atoms with Crippen LogP contribution >= 0.6 is 33.4 Å². The first-order valence-electron chi connectivity index (χ1n) is 7.31. The van der Waals surface area contributed by atoms with Crippen LogP contribution in [0.4, 0.5) is 30.9 Å². The molecule has 29 heavy (non-hydrogen) atoms. The number of sulfonamides is 1. The molecule has 0 radical (unpaired) electrons. The number of aromatic nitrogens is 2. The number of nitrogens with zero attached hydrogens (tertiary/aromatic N) is 4. The summed E-state index contributed by atoms with van der Waals surface area (Å²) in [6, 6.07) is 1.50. The molecule has 0 unspecified atom stereocenters. The highest BCUT2D eigenvalue weighted by molar-refractivity contribution is 8.45. The van der Waals surface area contributed by atoms with E-state index in [0.717, 1.165) is 10.6 Å². The SMILES string of the molecule is CCN(c1c(C#N)nn(-c2c(Cl)cc(S(F)(F)(F)(F)F)cc2Cl)c1N)S(C)(=O)=O. The van der Waals surface area contributed by atoms with Crippen molar-refractivity contribution in [3.8, 4) is 11.8 Å². The second-order valence-electron chi connectivity index (χ2n) is 5.74. The number of hydrogen-bond acceptors (Lipinski definition) is 5. The van der Waals surface area contributed by atoms with E-state index in [0.29, 0.717) is 4.68 Å². The lowest BCUT2D eigenvalue weighted by Gasteiger charge is -2.40. The van der Waals surface area contributed by atoms with E-state index >= 15 is 0 Å². The zero-order valence-corrected chi connectivity index (χ0v) is 17.7. The molecule has 0 aliphatic carbocycles. The molecule has 2 aromatic rings. The number of anilines is 2. The van der Waals surface area contributed by atoms with E-state index in [1.54, 1.807) is 6.07 Å². The number of nitriles is 1. The standard InChI is InChI=1S/C13H12Cl2F5N5O2S2/c1-3-24(28(2,26)27)12-10(6-21)23-25(13(12)22)11-8(14)4-7(5-9(11)15)29(16,17,18,19)20/h4-5H,3,22H2,1-2H3. The number of benzene rings is 1. The monoisotopic (exact) mass is 499 g/mol. The molecule has 0 spiro atoms. The summed E-state index contributed by atoms with van der Waals surface area (Å²) >= 11 is 11.5. The minimum Gasteiger partial charge on any atom is -0.382 e. The molecule has 0 saturated heterocycles. The van der Waals surface area contributed by atoms with Gasteiger partial charge in [-0.05, 0) is 19.1 Å². The Morgan fingerprint density at radius 1 is 1.24 bits per heavy atom. The van der Waals surface area contributed by atoms with Gasteiger partial charge in [0.25, 0.3) is 0 Å². The first kappa shape index (κ1) is 23.3. The van der Waals surface area contributed by atoms with Crippen LogP contribution in [0.3, 0.4) is 0 Å². The molecule has 0 bridgehead atoms. The molecule has 0 fully saturated rings. The summed E-state index contributed by atoms with van der Waals surface area (Å²) in [5, 5.41) is 11.2. The van der Waals surface area contributed by atoms with Gasteiger partial charge in [-0.1, -0.05) is 42.6 Å². The van der Waals surface area contributed by atoms with Crippen LogP contribution in [0.15, 0.2) is 17.0 Å². The van der Waals surface area contributed by atoms with Crippen LogP contribution in [0.25, 0.3) is 5.69 Å².